The summed E-state index contributed by atoms with van der Waals surface area (Å²) in [7, 11) is 0. The predicted molar refractivity (Wildman–Crippen MR) is 63.5 cm³/mol. The summed E-state index contributed by atoms with van der Waals surface area (Å²) in [6.07, 6.45) is 2.27. The van der Waals surface area contributed by atoms with E-state index >= 15 is 0 Å². The molecule has 0 radical (unpaired) electrons. The van der Waals surface area contributed by atoms with E-state index in [0.717, 1.165) is 6.42 Å². The number of anilines is 1. The van der Waals surface area contributed by atoms with E-state index in [-0.39, 0.29) is 11.6 Å². The third kappa shape index (κ3) is 2.10. The van der Waals surface area contributed by atoms with Crippen LogP contribution in [0.4, 0.5) is 10.1 Å². The number of carbonyl (C=O) groups is 1. The van der Waals surface area contributed by atoms with Crippen molar-refractivity contribution < 1.29 is 9.18 Å². The Morgan fingerprint density at radius 2 is 2.19 bits per heavy atom. The van der Waals surface area contributed by atoms with E-state index in [0.29, 0.717) is 17.3 Å². The van der Waals surface area contributed by atoms with Crippen LogP contribution < -0.4 is 11.1 Å². The molecule has 0 aromatic heterocycles. The molecule has 3 nitrogen and oxygen atoms in total. The van der Waals surface area contributed by atoms with E-state index in [4.69, 9.17) is 5.73 Å². The number of carbonyl (C=O) groups excluding carboxylic acids is 1. The Morgan fingerprint density at radius 3 is 2.75 bits per heavy atom. The maximum Gasteiger partial charge on any atom is 0.244 e. The van der Waals surface area contributed by atoms with Crippen molar-refractivity contribution in [2.45, 2.75) is 24.8 Å². The Hall–Kier alpha value is -0.940. The van der Waals surface area contributed by atoms with Crippen molar-refractivity contribution in [3.05, 3.63) is 28.5 Å². The van der Waals surface area contributed by atoms with Crippen LogP contribution in [0.15, 0.2) is 22.7 Å². The summed E-state index contributed by atoms with van der Waals surface area (Å²) in [6.45, 7) is 0. The van der Waals surface area contributed by atoms with Gasteiger partial charge < -0.3 is 11.1 Å². The molecule has 1 amide bonds. The topological polar surface area (TPSA) is 55.1 Å². The van der Waals surface area contributed by atoms with Gasteiger partial charge in [0.05, 0.1) is 11.2 Å². The van der Waals surface area contributed by atoms with Gasteiger partial charge in [0.2, 0.25) is 5.91 Å². The molecular weight excluding hydrogens is 275 g/mol. The molecule has 86 valence electrons. The Bertz CT molecular complexity index is 432. The van der Waals surface area contributed by atoms with Gasteiger partial charge in [0, 0.05) is 4.47 Å². The van der Waals surface area contributed by atoms with Crippen molar-refractivity contribution in [3.63, 3.8) is 0 Å². The number of hydrogen-bond donors (Lipinski definition) is 2. The SMILES string of the molecule is NC1(C(=O)Nc2cc(Br)ccc2F)CCC1. The van der Waals surface area contributed by atoms with Crippen LogP contribution in [-0.4, -0.2) is 11.4 Å². The van der Waals surface area contributed by atoms with Gasteiger partial charge in [-0.3, -0.25) is 4.79 Å². The van der Waals surface area contributed by atoms with Gasteiger partial charge in [-0.15, -0.1) is 0 Å². The quantitative estimate of drug-likeness (QED) is 0.877. The van der Waals surface area contributed by atoms with Crippen molar-refractivity contribution in [3.8, 4) is 0 Å². The predicted octanol–water partition coefficient (Wildman–Crippen LogP) is 2.41. The normalized spacial score (nSPS) is 17.7. The lowest BCUT2D eigenvalue weighted by Gasteiger charge is -2.36. The van der Waals surface area contributed by atoms with Gasteiger partial charge in [-0.05, 0) is 37.5 Å². The maximum absolute atomic E-state index is 13.4. The lowest BCUT2D eigenvalue weighted by atomic mass is 9.77. The lowest BCUT2D eigenvalue weighted by molar-refractivity contribution is -0.123. The minimum atomic E-state index is -0.811. The fourth-order valence-corrected chi connectivity index (χ4v) is 1.99. The molecule has 0 saturated heterocycles. The van der Waals surface area contributed by atoms with Crippen molar-refractivity contribution in [2.75, 3.05) is 5.32 Å². The molecule has 1 saturated carbocycles. The number of nitrogens with two attached hydrogens (primary N) is 1. The molecule has 3 N–H and O–H groups in total. The lowest BCUT2D eigenvalue weighted by Crippen LogP contribution is -2.56. The van der Waals surface area contributed by atoms with Crippen LogP contribution >= 0.6 is 15.9 Å². The Morgan fingerprint density at radius 1 is 1.50 bits per heavy atom. The minimum absolute atomic E-state index is 0.163. The van der Waals surface area contributed by atoms with E-state index in [1.807, 2.05) is 0 Å². The molecule has 1 aromatic carbocycles. The molecule has 1 fully saturated rings. The molecule has 1 aliphatic rings. The first-order valence-electron chi connectivity index (χ1n) is 5.07. The molecule has 0 atom stereocenters. The van der Waals surface area contributed by atoms with Gasteiger partial charge in [-0.1, -0.05) is 15.9 Å². The van der Waals surface area contributed by atoms with Crippen molar-refractivity contribution in [1.82, 2.24) is 0 Å². The van der Waals surface area contributed by atoms with Crippen LogP contribution in [0.3, 0.4) is 0 Å². The monoisotopic (exact) mass is 286 g/mol. The fraction of sp³-hybridized carbons (Fsp3) is 0.364. The van der Waals surface area contributed by atoms with Crippen LogP contribution in [0.5, 0.6) is 0 Å². The van der Waals surface area contributed by atoms with Gasteiger partial charge >= 0.3 is 0 Å². The van der Waals surface area contributed by atoms with Crippen LogP contribution in [0.1, 0.15) is 19.3 Å². The fourth-order valence-electron chi connectivity index (χ4n) is 1.62. The summed E-state index contributed by atoms with van der Waals surface area (Å²) in [5.41, 5.74) is 5.19. The van der Waals surface area contributed by atoms with Crippen LogP contribution in [0, 0.1) is 5.82 Å². The number of nitrogens with one attached hydrogen (secondary N) is 1. The third-order valence-corrected chi connectivity index (χ3v) is 3.37. The molecule has 0 unspecified atom stereocenters. The van der Waals surface area contributed by atoms with Gasteiger partial charge in [-0.25, -0.2) is 4.39 Å². The second-order valence-corrected chi connectivity index (χ2v) is 5.00. The molecule has 2 rings (SSSR count). The maximum atomic E-state index is 13.4. The molecule has 1 aliphatic carbocycles. The van der Waals surface area contributed by atoms with E-state index in [1.165, 1.54) is 12.1 Å². The molecule has 0 heterocycles. The van der Waals surface area contributed by atoms with E-state index < -0.39 is 11.4 Å². The zero-order chi connectivity index (χ0) is 11.8. The minimum Gasteiger partial charge on any atom is -0.322 e. The van der Waals surface area contributed by atoms with Crippen LogP contribution in [-0.2, 0) is 4.79 Å². The van der Waals surface area contributed by atoms with Gasteiger partial charge in [0.15, 0.2) is 0 Å². The van der Waals surface area contributed by atoms with E-state index in [9.17, 15) is 9.18 Å². The number of benzene rings is 1. The Labute approximate surface area is 101 Å². The first-order valence-corrected chi connectivity index (χ1v) is 5.86. The van der Waals surface area contributed by atoms with E-state index in [2.05, 4.69) is 21.2 Å². The van der Waals surface area contributed by atoms with Gasteiger partial charge in [0.1, 0.15) is 5.82 Å². The zero-order valence-electron chi connectivity index (χ0n) is 8.59. The number of hydrogen-bond acceptors (Lipinski definition) is 2. The van der Waals surface area contributed by atoms with Crippen LogP contribution in [0.25, 0.3) is 0 Å². The molecule has 1 aromatic rings. The summed E-state index contributed by atoms with van der Waals surface area (Å²) in [4.78, 5) is 11.8. The van der Waals surface area contributed by atoms with Crippen molar-refractivity contribution in [1.29, 1.82) is 0 Å². The van der Waals surface area contributed by atoms with E-state index in [1.54, 1.807) is 6.07 Å². The number of amides is 1. The summed E-state index contributed by atoms with van der Waals surface area (Å²) in [5, 5.41) is 2.52. The standard InChI is InChI=1S/C11H12BrFN2O/c12-7-2-3-8(13)9(6-7)15-10(16)11(14)4-1-5-11/h2-3,6H,1,4-5,14H2,(H,15,16). The third-order valence-electron chi connectivity index (χ3n) is 2.87. The summed E-state index contributed by atoms with van der Waals surface area (Å²) >= 11 is 3.22. The number of halogens is 2. The second kappa shape index (κ2) is 4.14. The molecule has 5 heteroatoms. The second-order valence-electron chi connectivity index (χ2n) is 4.09. The van der Waals surface area contributed by atoms with Crippen molar-refractivity contribution in [2.24, 2.45) is 5.73 Å². The highest BCUT2D eigenvalue weighted by Crippen LogP contribution is 2.31. The molecular formula is C11H12BrFN2O. The largest absolute Gasteiger partial charge is 0.322 e. The molecule has 16 heavy (non-hydrogen) atoms. The Balaban J connectivity index is 2.14. The highest BCUT2D eigenvalue weighted by Gasteiger charge is 2.40. The van der Waals surface area contributed by atoms with Gasteiger partial charge in [-0.2, -0.15) is 0 Å². The molecule has 0 bridgehead atoms. The average Bonchev–Trinajstić information content (AvgIpc) is 2.20. The highest BCUT2D eigenvalue weighted by molar-refractivity contribution is 9.10. The highest BCUT2D eigenvalue weighted by atomic mass is 79.9. The van der Waals surface area contributed by atoms with Crippen molar-refractivity contribution >= 4 is 27.5 Å². The van der Waals surface area contributed by atoms with Gasteiger partial charge in [0.25, 0.3) is 0 Å². The zero-order valence-corrected chi connectivity index (χ0v) is 10.2. The first kappa shape index (κ1) is 11.5. The van der Waals surface area contributed by atoms with Crippen LogP contribution in [0.2, 0.25) is 0 Å². The summed E-state index contributed by atoms with van der Waals surface area (Å²) in [6, 6.07) is 4.39. The molecule has 0 aliphatic heterocycles. The summed E-state index contributed by atoms with van der Waals surface area (Å²) in [5.74, 6) is -0.768. The molecule has 0 spiro atoms. The summed E-state index contributed by atoms with van der Waals surface area (Å²) < 4.78 is 14.1. The first-order chi connectivity index (χ1) is 7.51. The Kier molecular flexibility index (Phi) is 2.99. The smallest absolute Gasteiger partial charge is 0.244 e. The average molecular weight is 287 g/mol. The number of rotatable bonds is 2.